The van der Waals surface area contributed by atoms with Gasteiger partial charge in [0.1, 0.15) is 0 Å². The summed E-state index contributed by atoms with van der Waals surface area (Å²) in [5, 5.41) is 2.70. The fourth-order valence-corrected chi connectivity index (χ4v) is 1.24. The summed E-state index contributed by atoms with van der Waals surface area (Å²) in [5.74, 6) is 0.474. The van der Waals surface area contributed by atoms with Gasteiger partial charge in [0.15, 0.2) is 0 Å². The number of nitrogens with one attached hydrogen (secondary N) is 1. The number of ether oxygens (including phenoxy) is 1. The largest absolute Gasteiger partial charge is 0.450 e. The summed E-state index contributed by atoms with van der Waals surface area (Å²) in [5.41, 5.74) is 0. The van der Waals surface area contributed by atoms with E-state index in [-0.39, 0.29) is 6.09 Å². The molecule has 4 heteroatoms. The maximum atomic E-state index is 11.0. The van der Waals surface area contributed by atoms with Gasteiger partial charge in [-0.25, -0.2) is 4.79 Å². The minimum Gasteiger partial charge on any atom is -0.450 e. The summed E-state index contributed by atoms with van der Waals surface area (Å²) in [6.45, 7) is 5.32. The van der Waals surface area contributed by atoms with E-state index >= 15 is 0 Å². The zero-order chi connectivity index (χ0) is 10.1. The highest BCUT2D eigenvalue weighted by Gasteiger charge is 2.01. The van der Waals surface area contributed by atoms with Gasteiger partial charge in [0.25, 0.3) is 0 Å². The monoisotopic (exact) mass is 299 g/mol. The number of hydrogen-bond donors (Lipinski definition) is 1. The Morgan fingerprint density at radius 3 is 2.69 bits per heavy atom. The Balaban J connectivity index is 3.20. The Morgan fingerprint density at radius 2 is 2.15 bits per heavy atom. The first kappa shape index (κ1) is 13.0. The SMILES string of the molecule is CC(C)CNC(=O)OCCCCI. The van der Waals surface area contributed by atoms with Gasteiger partial charge in [0.05, 0.1) is 6.61 Å². The van der Waals surface area contributed by atoms with Gasteiger partial charge in [-0.1, -0.05) is 36.4 Å². The van der Waals surface area contributed by atoms with Crippen molar-refractivity contribution in [1.82, 2.24) is 5.32 Å². The van der Waals surface area contributed by atoms with Gasteiger partial charge in [-0.15, -0.1) is 0 Å². The van der Waals surface area contributed by atoms with Crippen LogP contribution in [0.4, 0.5) is 4.79 Å². The molecule has 0 aliphatic carbocycles. The third kappa shape index (κ3) is 9.92. The molecule has 3 nitrogen and oxygen atoms in total. The van der Waals surface area contributed by atoms with Gasteiger partial charge in [0, 0.05) is 6.54 Å². The second kappa shape index (κ2) is 8.59. The zero-order valence-corrected chi connectivity index (χ0v) is 10.5. The predicted molar refractivity (Wildman–Crippen MR) is 62.3 cm³/mol. The lowest BCUT2D eigenvalue weighted by molar-refractivity contribution is 0.143. The lowest BCUT2D eigenvalue weighted by atomic mass is 10.2. The molecule has 0 aliphatic heterocycles. The molecular weight excluding hydrogens is 281 g/mol. The van der Waals surface area contributed by atoms with Crippen LogP contribution in [0.5, 0.6) is 0 Å². The molecule has 0 atom stereocenters. The van der Waals surface area contributed by atoms with Crippen LogP contribution in [0, 0.1) is 5.92 Å². The first-order valence-electron chi connectivity index (χ1n) is 4.63. The van der Waals surface area contributed by atoms with Crippen LogP contribution in [-0.4, -0.2) is 23.7 Å². The van der Waals surface area contributed by atoms with Gasteiger partial charge in [-0.2, -0.15) is 0 Å². The highest BCUT2D eigenvalue weighted by Crippen LogP contribution is 1.95. The Morgan fingerprint density at radius 1 is 1.46 bits per heavy atom. The van der Waals surface area contributed by atoms with Crippen LogP contribution in [0.3, 0.4) is 0 Å². The summed E-state index contributed by atoms with van der Waals surface area (Å²) in [6, 6.07) is 0. The van der Waals surface area contributed by atoms with Crippen molar-refractivity contribution in [3.8, 4) is 0 Å². The summed E-state index contributed by atoms with van der Waals surface area (Å²) < 4.78 is 6.06. The molecule has 0 aromatic rings. The van der Waals surface area contributed by atoms with Crippen LogP contribution >= 0.6 is 22.6 Å². The average Bonchev–Trinajstić information content (AvgIpc) is 2.09. The first-order chi connectivity index (χ1) is 6.16. The summed E-state index contributed by atoms with van der Waals surface area (Å²) in [7, 11) is 0. The van der Waals surface area contributed by atoms with E-state index in [1.54, 1.807) is 0 Å². The number of carbonyl (C=O) groups excluding carboxylic acids is 1. The van der Waals surface area contributed by atoms with E-state index < -0.39 is 0 Å². The van der Waals surface area contributed by atoms with Crippen molar-refractivity contribution >= 4 is 28.7 Å². The highest BCUT2D eigenvalue weighted by molar-refractivity contribution is 14.1. The number of rotatable bonds is 6. The van der Waals surface area contributed by atoms with Crippen LogP contribution in [0.15, 0.2) is 0 Å². The Hall–Kier alpha value is 0. The molecule has 0 saturated heterocycles. The van der Waals surface area contributed by atoms with Gasteiger partial charge in [-0.3, -0.25) is 0 Å². The molecule has 0 saturated carbocycles. The van der Waals surface area contributed by atoms with Crippen molar-refractivity contribution in [1.29, 1.82) is 0 Å². The lowest BCUT2D eigenvalue weighted by Gasteiger charge is -2.07. The zero-order valence-electron chi connectivity index (χ0n) is 8.31. The Bertz CT molecular complexity index is 140. The quantitative estimate of drug-likeness (QED) is 0.465. The second-order valence-electron chi connectivity index (χ2n) is 3.31. The molecule has 0 spiro atoms. The smallest absolute Gasteiger partial charge is 0.407 e. The summed E-state index contributed by atoms with van der Waals surface area (Å²) in [4.78, 5) is 11.0. The van der Waals surface area contributed by atoms with Gasteiger partial charge in [-0.05, 0) is 23.2 Å². The standard InChI is InChI=1S/C9H18INO2/c1-8(2)7-11-9(12)13-6-4-3-5-10/h8H,3-7H2,1-2H3,(H,11,12). The van der Waals surface area contributed by atoms with Crippen LogP contribution in [0.25, 0.3) is 0 Å². The molecule has 0 aliphatic rings. The van der Waals surface area contributed by atoms with E-state index in [4.69, 9.17) is 4.74 Å². The van der Waals surface area contributed by atoms with E-state index in [9.17, 15) is 4.79 Å². The average molecular weight is 299 g/mol. The van der Waals surface area contributed by atoms with E-state index in [1.807, 2.05) is 0 Å². The second-order valence-corrected chi connectivity index (χ2v) is 4.39. The van der Waals surface area contributed by atoms with Crippen molar-refractivity contribution in [3.63, 3.8) is 0 Å². The van der Waals surface area contributed by atoms with E-state index in [0.29, 0.717) is 19.1 Å². The third-order valence-corrected chi connectivity index (χ3v) is 2.18. The van der Waals surface area contributed by atoms with Crippen LogP contribution in [0.2, 0.25) is 0 Å². The normalized spacial score (nSPS) is 10.2. The van der Waals surface area contributed by atoms with Crippen molar-refractivity contribution in [2.24, 2.45) is 5.92 Å². The molecular formula is C9H18INO2. The van der Waals surface area contributed by atoms with Gasteiger partial charge >= 0.3 is 6.09 Å². The maximum Gasteiger partial charge on any atom is 0.407 e. The number of amides is 1. The van der Waals surface area contributed by atoms with Crippen molar-refractivity contribution in [2.45, 2.75) is 26.7 Å². The highest BCUT2D eigenvalue weighted by atomic mass is 127. The molecule has 0 rings (SSSR count). The molecule has 0 unspecified atom stereocenters. The minimum absolute atomic E-state index is 0.290. The van der Waals surface area contributed by atoms with Crippen molar-refractivity contribution in [3.05, 3.63) is 0 Å². The Kier molecular flexibility index (Phi) is 8.59. The topological polar surface area (TPSA) is 38.3 Å². The van der Waals surface area contributed by atoms with E-state index in [0.717, 1.165) is 17.3 Å². The van der Waals surface area contributed by atoms with Gasteiger partial charge < -0.3 is 10.1 Å². The number of alkyl halides is 1. The maximum absolute atomic E-state index is 11.0. The summed E-state index contributed by atoms with van der Waals surface area (Å²) >= 11 is 2.31. The number of carbonyl (C=O) groups is 1. The molecule has 13 heavy (non-hydrogen) atoms. The molecule has 0 bridgehead atoms. The number of hydrogen-bond acceptors (Lipinski definition) is 2. The fourth-order valence-electron chi connectivity index (χ4n) is 0.700. The molecule has 0 aromatic carbocycles. The molecule has 1 N–H and O–H groups in total. The van der Waals surface area contributed by atoms with Gasteiger partial charge in [0.2, 0.25) is 0 Å². The van der Waals surface area contributed by atoms with E-state index in [1.165, 1.54) is 0 Å². The molecule has 0 radical (unpaired) electrons. The van der Waals surface area contributed by atoms with Crippen molar-refractivity contribution in [2.75, 3.05) is 17.6 Å². The predicted octanol–water partition coefficient (Wildman–Crippen LogP) is 2.58. The lowest BCUT2D eigenvalue weighted by Crippen LogP contribution is -2.28. The van der Waals surface area contributed by atoms with Crippen molar-refractivity contribution < 1.29 is 9.53 Å². The van der Waals surface area contributed by atoms with E-state index in [2.05, 4.69) is 41.8 Å². The molecule has 78 valence electrons. The number of alkyl carbamates (subject to hydrolysis) is 1. The summed E-state index contributed by atoms with van der Waals surface area (Å²) in [6.07, 6.45) is 1.78. The molecule has 0 heterocycles. The number of unbranched alkanes of at least 4 members (excludes halogenated alkanes) is 1. The molecule has 0 fully saturated rings. The molecule has 0 aromatic heterocycles. The molecule has 1 amide bonds. The Labute approximate surface area is 93.7 Å². The first-order valence-corrected chi connectivity index (χ1v) is 6.16. The van der Waals surface area contributed by atoms with Crippen LogP contribution < -0.4 is 5.32 Å². The third-order valence-electron chi connectivity index (χ3n) is 1.42. The minimum atomic E-state index is -0.290. The van der Waals surface area contributed by atoms with Crippen LogP contribution in [0.1, 0.15) is 26.7 Å². The van der Waals surface area contributed by atoms with Crippen LogP contribution in [-0.2, 0) is 4.74 Å². The fraction of sp³-hybridized carbons (Fsp3) is 0.889. The number of halogens is 1.